The fourth-order valence-corrected chi connectivity index (χ4v) is 2.62. The molecule has 0 aromatic heterocycles. The van der Waals surface area contributed by atoms with Crippen molar-refractivity contribution in [3.8, 4) is 11.5 Å². The molecular formula is C16H24N2O3. The van der Waals surface area contributed by atoms with Gasteiger partial charge in [0.2, 0.25) is 5.91 Å². The Balaban J connectivity index is 1.77. The van der Waals surface area contributed by atoms with Gasteiger partial charge in [0.1, 0.15) is 0 Å². The van der Waals surface area contributed by atoms with E-state index in [1.807, 2.05) is 18.2 Å². The molecule has 1 aromatic rings. The first-order chi connectivity index (χ1) is 10.2. The summed E-state index contributed by atoms with van der Waals surface area (Å²) < 4.78 is 10.4. The number of carbonyl (C=O) groups is 1. The van der Waals surface area contributed by atoms with E-state index >= 15 is 0 Å². The van der Waals surface area contributed by atoms with Crippen molar-refractivity contribution in [1.82, 2.24) is 10.6 Å². The third kappa shape index (κ3) is 4.63. The molecule has 0 heterocycles. The van der Waals surface area contributed by atoms with Crippen LogP contribution < -0.4 is 20.1 Å². The number of methoxy groups -OCH3 is 2. The van der Waals surface area contributed by atoms with Gasteiger partial charge < -0.3 is 20.1 Å². The molecule has 1 amide bonds. The van der Waals surface area contributed by atoms with E-state index in [9.17, 15) is 4.79 Å². The highest BCUT2D eigenvalue weighted by Crippen LogP contribution is 2.27. The van der Waals surface area contributed by atoms with Crippen LogP contribution in [0.5, 0.6) is 11.5 Å². The molecule has 2 rings (SSSR count). The molecule has 0 atom stereocenters. The van der Waals surface area contributed by atoms with Crippen LogP contribution in [0.2, 0.25) is 0 Å². The summed E-state index contributed by atoms with van der Waals surface area (Å²) in [6.07, 6.45) is 4.90. The monoisotopic (exact) mass is 292 g/mol. The molecule has 5 heteroatoms. The lowest BCUT2D eigenvalue weighted by atomic mass is 10.2. The highest BCUT2D eigenvalue weighted by atomic mass is 16.5. The maximum atomic E-state index is 11.8. The van der Waals surface area contributed by atoms with Gasteiger partial charge in [-0.2, -0.15) is 0 Å². The quantitative estimate of drug-likeness (QED) is 0.805. The van der Waals surface area contributed by atoms with Crippen LogP contribution in [0.15, 0.2) is 18.2 Å². The second-order valence-corrected chi connectivity index (χ2v) is 5.33. The Morgan fingerprint density at radius 2 is 1.90 bits per heavy atom. The van der Waals surface area contributed by atoms with Crippen molar-refractivity contribution < 1.29 is 14.3 Å². The second-order valence-electron chi connectivity index (χ2n) is 5.33. The molecule has 2 N–H and O–H groups in total. The van der Waals surface area contributed by atoms with Crippen LogP contribution in [0.25, 0.3) is 0 Å². The largest absolute Gasteiger partial charge is 0.493 e. The van der Waals surface area contributed by atoms with E-state index < -0.39 is 0 Å². The average Bonchev–Trinajstić information content (AvgIpc) is 3.04. The van der Waals surface area contributed by atoms with E-state index in [2.05, 4.69) is 10.6 Å². The maximum absolute atomic E-state index is 11.8. The van der Waals surface area contributed by atoms with Gasteiger partial charge in [-0.15, -0.1) is 0 Å². The first-order valence-corrected chi connectivity index (χ1v) is 7.44. The molecule has 0 saturated heterocycles. The normalized spacial score (nSPS) is 15.0. The van der Waals surface area contributed by atoms with E-state index in [1.165, 1.54) is 25.7 Å². The number of benzene rings is 1. The minimum Gasteiger partial charge on any atom is -0.493 e. The first kappa shape index (κ1) is 15.6. The van der Waals surface area contributed by atoms with Crippen LogP contribution >= 0.6 is 0 Å². The van der Waals surface area contributed by atoms with Crippen molar-refractivity contribution in [3.05, 3.63) is 23.8 Å². The van der Waals surface area contributed by atoms with E-state index in [0.29, 0.717) is 30.6 Å². The van der Waals surface area contributed by atoms with E-state index in [1.54, 1.807) is 14.2 Å². The zero-order valence-corrected chi connectivity index (χ0v) is 12.8. The van der Waals surface area contributed by atoms with Gasteiger partial charge in [-0.1, -0.05) is 18.9 Å². The SMILES string of the molecule is COc1ccc(CNC(=O)CNC2CCCC2)cc1OC. The Hall–Kier alpha value is -1.75. The number of nitrogens with one attached hydrogen (secondary N) is 2. The van der Waals surface area contributed by atoms with Gasteiger partial charge in [0.25, 0.3) is 0 Å². The number of ether oxygens (including phenoxy) is 2. The molecule has 1 aliphatic rings. The van der Waals surface area contributed by atoms with Crippen LogP contribution in [-0.2, 0) is 11.3 Å². The molecule has 0 radical (unpaired) electrons. The smallest absolute Gasteiger partial charge is 0.234 e. The first-order valence-electron chi connectivity index (χ1n) is 7.44. The lowest BCUT2D eigenvalue weighted by molar-refractivity contribution is -0.120. The maximum Gasteiger partial charge on any atom is 0.234 e. The molecule has 0 aliphatic heterocycles. The van der Waals surface area contributed by atoms with E-state index in [0.717, 1.165) is 5.56 Å². The summed E-state index contributed by atoms with van der Waals surface area (Å²) >= 11 is 0. The van der Waals surface area contributed by atoms with Crippen LogP contribution in [0, 0.1) is 0 Å². The molecule has 1 aromatic carbocycles. The highest BCUT2D eigenvalue weighted by molar-refractivity contribution is 5.78. The minimum absolute atomic E-state index is 0.0247. The summed E-state index contributed by atoms with van der Waals surface area (Å²) in [7, 11) is 3.21. The summed E-state index contributed by atoms with van der Waals surface area (Å²) in [5, 5.41) is 6.22. The van der Waals surface area contributed by atoms with Crippen molar-refractivity contribution in [2.75, 3.05) is 20.8 Å². The molecule has 116 valence electrons. The number of rotatable bonds is 7. The summed E-state index contributed by atoms with van der Waals surface area (Å²) in [4.78, 5) is 11.8. The predicted molar refractivity (Wildman–Crippen MR) is 81.7 cm³/mol. The van der Waals surface area contributed by atoms with Gasteiger partial charge >= 0.3 is 0 Å². The van der Waals surface area contributed by atoms with Crippen molar-refractivity contribution in [2.24, 2.45) is 0 Å². The Kier molecular flexibility index (Phi) is 5.87. The summed E-state index contributed by atoms with van der Waals surface area (Å²) in [5.41, 5.74) is 0.988. The lowest BCUT2D eigenvalue weighted by Crippen LogP contribution is -2.37. The lowest BCUT2D eigenvalue weighted by Gasteiger charge is -2.13. The van der Waals surface area contributed by atoms with Gasteiger partial charge in [0.05, 0.1) is 20.8 Å². The highest BCUT2D eigenvalue weighted by Gasteiger charge is 2.15. The predicted octanol–water partition coefficient (Wildman–Crippen LogP) is 1.85. The Morgan fingerprint density at radius 3 is 2.57 bits per heavy atom. The van der Waals surface area contributed by atoms with Gasteiger partial charge in [-0.05, 0) is 30.5 Å². The topological polar surface area (TPSA) is 59.6 Å². The average molecular weight is 292 g/mol. The van der Waals surface area contributed by atoms with Gasteiger partial charge in [0, 0.05) is 12.6 Å². The molecule has 21 heavy (non-hydrogen) atoms. The molecule has 0 unspecified atom stereocenters. The molecule has 1 saturated carbocycles. The van der Waals surface area contributed by atoms with Crippen LogP contribution in [0.4, 0.5) is 0 Å². The molecule has 0 bridgehead atoms. The van der Waals surface area contributed by atoms with Crippen LogP contribution in [0.1, 0.15) is 31.2 Å². The molecule has 5 nitrogen and oxygen atoms in total. The van der Waals surface area contributed by atoms with Crippen molar-refractivity contribution in [1.29, 1.82) is 0 Å². The summed E-state index contributed by atoms with van der Waals surface area (Å²) in [6.45, 7) is 0.878. The Morgan fingerprint density at radius 1 is 1.19 bits per heavy atom. The second kappa shape index (κ2) is 7.88. The zero-order chi connectivity index (χ0) is 15.1. The van der Waals surface area contributed by atoms with Crippen molar-refractivity contribution in [3.63, 3.8) is 0 Å². The third-order valence-corrected chi connectivity index (χ3v) is 3.84. The number of hydrogen-bond donors (Lipinski definition) is 2. The number of carbonyl (C=O) groups excluding carboxylic acids is 1. The standard InChI is InChI=1S/C16H24N2O3/c1-20-14-8-7-12(9-15(14)21-2)10-18-16(19)11-17-13-5-3-4-6-13/h7-9,13,17H,3-6,10-11H2,1-2H3,(H,18,19). The van der Waals surface area contributed by atoms with Crippen LogP contribution in [0.3, 0.4) is 0 Å². The van der Waals surface area contributed by atoms with Gasteiger partial charge in [-0.25, -0.2) is 0 Å². The molecule has 1 aliphatic carbocycles. The minimum atomic E-state index is 0.0247. The van der Waals surface area contributed by atoms with Crippen molar-refractivity contribution in [2.45, 2.75) is 38.3 Å². The fraction of sp³-hybridized carbons (Fsp3) is 0.562. The van der Waals surface area contributed by atoms with Gasteiger partial charge in [-0.3, -0.25) is 4.79 Å². The number of hydrogen-bond acceptors (Lipinski definition) is 4. The zero-order valence-electron chi connectivity index (χ0n) is 12.8. The van der Waals surface area contributed by atoms with Crippen LogP contribution in [-0.4, -0.2) is 32.7 Å². The summed E-state index contributed by atoms with van der Waals surface area (Å²) in [5.74, 6) is 1.39. The fourth-order valence-electron chi connectivity index (χ4n) is 2.62. The molecule has 1 fully saturated rings. The van der Waals surface area contributed by atoms with E-state index in [4.69, 9.17) is 9.47 Å². The Labute approximate surface area is 126 Å². The van der Waals surface area contributed by atoms with Crippen molar-refractivity contribution >= 4 is 5.91 Å². The van der Waals surface area contributed by atoms with Gasteiger partial charge in [0.15, 0.2) is 11.5 Å². The molecular weight excluding hydrogens is 268 g/mol. The molecule has 0 spiro atoms. The Bertz CT molecular complexity index is 471. The van der Waals surface area contributed by atoms with E-state index in [-0.39, 0.29) is 5.91 Å². The number of amides is 1. The summed E-state index contributed by atoms with van der Waals surface area (Å²) in [6, 6.07) is 6.16. The third-order valence-electron chi connectivity index (χ3n) is 3.84.